The fourth-order valence-electron chi connectivity index (χ4n) is 2.56. The second-order valence-corrected chi connectivity index (χ2v) is 6.00. The number of hydrogen-bond donors (Lipinski definition) is 2. The number of aromatic nitrogens is 1. The van der Waals surface area contributed by atoms with Gasteiger partial charge in [0.25, 0.3) is 0 Å². The van der Waals surface area contributed by atoms with Crippen LogP contribution in [0.5, 0.6) is 5.75 Å². The fraction of sp³-hybridized carbons (Fsp3) is 0.368. The van der Waals surface area contributed by atoms with E-state index in [-0.39, 0.29) is 5.91 Å². The van der Waals surface area contributed by atoms with E-state index in [0.717, 1.165) is 18.2 Å². The zero-order valence-corrected chi connectivity index (χ0v) is 15.8. The molecule has 0 saturated carbocycles. The standard InChI is InChI=1S/C19H27N5O2/c1-15(25)22-16-7-5-9-18(13-16)26-12-10-21-19(20-2)24(4)14-17-8-6-11-23(17)3/h5-9,11,13H,10,12,14H2,1-4H3,(H,20,21)(H,22,25). The van der Waals surface area contributed by atoms with Gasteiger partial charge in [-0.2, -0.15) is 0 Å². The monoisotopic (exact) mass is 357 g/mol. The summed E-state index contributed by atoms with van der Waals surface area (Å²) < 4.78 is 7.83. The second kappa shape index (κ2) is 9.50. The molecule has 0 aliphatic rings. The van der Waals surface area contributed by atoms with Crippen LogP contribution in [0.1, 0.15) is 12.6 Å². The molecule has 2 rings (SSSR count). The molecule has 26 heavy (non-hydrogen) atoms. The predicted molar refractivity (Wildman–Crippen MR) is 104 cm³/mol. The number of nitrogens with one attached hydrogen (secondary N) is 2. The van der Waals surface area contributed by atoms with E-state index in [1.807, 2.05) is 44.6 Å². The lowest BCUT2D eigenvalue weighted by Gasteiger charge is -2.22. The van der Waals surface area contributed by atoms with Crippen LogP contribution >= 0.6 is 0 Å². The van der Waals surface area contributed by atoms with Crippen LogP contribution in [-0.4, -0.2) is 48.6 Å². The molecular formula is C19H27N5O2. The van der Waals surface area contributed by atoms with Crippen LogP contribution in [0.3, 0.4) is 0 Å². The van der Waals surface area contributed by atoms with Gasteiger partial charge in [-0.05, 0) is 24.3 Å². The SMILES string of the molecule is CN=C(NCCOc1cccc(NC(C)=O)c1)N(C)Cc1cccn1C. The van der Waals surface area contributed by atoms with Gasteiger partial charge < -0.3 is 24.8 Å². The molecular weight excluding hydrogens is 330 g/mol. The molecule has 140 valence electrons. The van der Waals surface area contributed by atoms with E-state index in [1.165, 1.54) is 12.6 Å². The average molecular weight is 357 g/mol. The number of hydrogen-bond acceptors (Lipinski definition) is 3. The largest absolute Gasteiger partial charge is 0.492 e. The Morgan fingerprint density at radius 1 is 1.31 bits per heavy atom. The molecule has 0 radical (unpaired) electrons. The third-order valence-electron chi connectivity index (χ3n) is 3.83. The first-order valence-electron chi connectivity index (χ1n) is 8.52. The second-order valence-electron chi connectivity index (χ2n) is 6.00. The van der Waals surface area contributed by atoms with Gasteiger partial charge in [0.2, 0.25) is 5.91 Å². The van der Waals surface area contributed by atoms with Crippen molar-refractivity contribution in [2.45, 2.75) is 13.5 Å². The highest BCUT2D eigenvalue weighted by molar-refractivity contribution is 5.88. The number of amides is 1. The number of carbonyl (C=O) groups excluding carboxylic acids is 1. The van der Waals surface area contributed by atoms with Gasteiger partial charge in [0.15, 0.2) is 5.96 Å². The van der Waals surface area contributed by atoms with Gasteiger partial charge in [0, 0.05) is 51.7 Å². The molecule has 1 aromatic heterocycles. The Morgan fingerprint density at radius 2 is 2.12 bits per heavy atom. The molecule has 0 aliphatic heterocycles. The molecule has 0 spiro atoms. The molecule has 1 aromatic carbocycles. The Morgan fingerprint density at radius 3 is 2.77 bits per heavy atom. The first-order chi connectivity index (χ1) is 12.5. The molecule has 1 amide bonds. The normalized spacial score (nSPS) is 11.2. The molecule has 7 heteroatoms. The number of benzene rings is 1. The van der Waals surface area contributed by atoms with Crippen LogP contribution in [0, 0.1) is 0 Å². The molecule has 0 unspecified atom stereocenters. The molecule has 0 atom stereocenters. The highest BCUT2D eigenvalue weighted by Gasteiger charge is 2.08. The first kappa shape index (κ1) is 19.4. The Balaban J connectivity index is 1.79. The van der Waals surface area contributed by atoms with Crippen LogP contribution in [0.2, 0.25) is 0 Å². The van der Waals surface area contributed by atoms with Crippen LogP contribution in [0.4, 0.5) is 5.69 Å². The summed E-state index contributed by atoms with van der Waals surface area (Å²) in [5.74, 6) is 1.42. The number of aryl methyl sites for hydroxylation is 1. The van der Waals surface area contributed by atoms with Crippen molar-refractivity contribution >= 4 is 17.6 Å². The predicted octanol–water partition coefficient (Wildman–Crippen LogP) is 2.07. The molecule has 0 saturated heterocycles. The molecule has 1 heterocycles. The van der Waals surface area contributed by atoms with Gasteiger partial charge in [0.1, 0.15) is 12.4 Å². The summed E-state index contributed by atoms with van der Waals surface area (Å²) in [6, 6.07) is 11.5. The van der Waals surface area contributed by atoms with Crippen molar-refractivity contribution in [3.05, 3.63) is 48.3 Å². The Hall–Kier alpha value is -2.96. The molecule has 7 nitrogen and oxygen atoms in total. The summed E-state index contributed by atoms with van der Waals surface area (Å²) in [6.45, 7) is 3.35. The van der Waals surface area contributed by atoms with Gasteiger partial charge in [-0.3, -0.25) is 9.79 Å². The van der Waals surface area contributed by atoms with Gasteiger partial charge in [0.05, 0.1) is 13.1 Å². The van der Waals surface area contributed by atoms with Gasteiger partial charge in [-0.1, -0.05) is 6.07 Å². The molecule has 2 aromatic rings. The third kappa shape index (κ3) is 5.84. The van der Waals surface area contributed by atoms with E-state index in [4.69, 9.17) is 4.74 Å². The van der Waals surface area contributed by atoms with E-state index in [9.17, 15) is 4.79 Å². The quantitative estimate of drug-likeness (QED) is 0.452. The minimum absolute atomic E-state index is 0.103. The van der Waals surface area contributed by atoms with Crippen LogP contribution in [0.25, 0.3) is 0 Å². The van der Waals surface area contributed by atoms with Crippen molar-refractivity contribution in [2.75, 3.05) is 32.6 Å². The molecule has 0 aliphatic carbocycles. The maximum atomic E-state index is 11.1. The van der Waals surface area contributed by atoms with E-state index in [1.54, 1.807) is 13.1 Å². The highest BCUT2D eigenvalue weighted by atomic mass is 16.5. The zero-order valence-electron chi connectivity index (χ0n) is 15.8. The molecule has 0 bridgehead atoms. The zero-order chi connectivity index (χ0) is 18.9. The maximum absolute atomic E-state index is 11.1. The third-order valence-corrected chi connectivity index (χ3v) is 3.83. The summed E-state index contributed by atoms with van der Waals surface area (Å²) in [6.07, 6.45) is 2.03. The topological polar surface area (TPSA) is 70.9 Å². The summed E-state index contributed by atoms with van der Waals surface area (Å²) in [7, 11) is 5.80. The number of ether oxygens (including phenoxy) is 1. The van der Waals surface area contributed by atoms with Crippen molar-refractivity contribution in [2.24, 2.45) is 12.0 Å². The highest BCUT2D eigenvalue weighted by Crippen LogP contribution is 2.17. The number of rotatable bonds is 7. The van der Waals surface area contributed by atoms with Crippen molar-refractivity contribution in [1.82, 2.24) is 14.8 Å². The van der Waals surface area contributed by atoms with Crippen LogP contribution < -0.4 is 15.4 Å². The number of guanidine groups is 1. The molecule has 0 fully saturated rings. The maximum Gasteiger partial charge on any atom is 0.221 e. The lowest BCUT2D eigenvalue weighted by Crippen LogP contribution is -2.40. The van der Waals surface area contributed by atoms with Crippen LogP contribution in [0.15, 0.2) is 47.6 Å². The van der Waals surface area contributed by atoms with Gasteiger partial charge in [-0.15, -0.1) is 0 Å². The Bertz CT molecular complexity index is 754. The Labute approximate surface area is 154 Å². The number of anilines is 1. The average Bonchev–Trinajstić information content (AvgIpc) is 2.99. The summed E-state index contributed by atoms with van der Waals surface area (Å²) >= 11 is 0. The van der Waals surface area contributed by atoms with Crippen molar-refractivity contribution in [3.8, 4) is 5.75 Å². The Kier molecular flexibility index (Phi) is 7.08. The minimum atomic E-state index is -0.103. The number of aliphatic imine (C=N–C) groups is 1. The fourth-order valence-corrected chi connectivity index (χ4v) is 2.56. The lowest BCUT2D eigenvalue weighted by molar-refractivity contribution is -0.114. The van der Waals surface area contributed by atoms with Crippen LogP contribution in [-0.2, 0) is 18.4 Å². The number of nitrogens with zero attached hydrogens (tertiary/aromatic N) is 3. The van der Waals surface area contributed by atoms with E-state index >= 15 is 0 Å². The summed E-state index contributed by atoms with van der Waals surface area (Å²) in [5, 5.41) is 6.03. The van der Waals surface area contributed by atoms with E-state index < -0.39 is 0 Å². The smallest absolute Gasteiger partial charge is 0.221 e. The summed E-state index contributed by atoms with van der Waals surface area (Å²) in [4.78, 5) is 17.5. The summed E-state index contributed by atoms with van der Waals surface area (Å²) in [5.41, 5.74) is 1.93. The van der Waals surface area contributed by atoms with E-state index in [0.29, 0.717) is 18.9 Å². The molecule has 2 N–H and O–H groups in total. The van der Waals surface area contributed by atoms with Gasteiger partial charge in [-0.25, -0.2) is 0 Å². The number of carbonyl (C=O) groups is 1. The van der Waals surface area contributed by atoms with Crippen molar-refractivity contribution < 1.29 is 9.53 Å². The first-order valence-corrected chi connectivity index (χ1v) is 8.52. The lowest BCUT2D eigenvalue weighted by atomic mass is 10.3. The van der Waals surface area contributed by atoms with Crippen molar-refractivity contribution in [3.63, 3.8) is 0 Å². The van der Waals surface area contributed by atoms with Gasteiger partial charge >= 0.3 is 0 Å². The van der Waals surface area contributed by atoms with Crippen molar-refractivity contribution in [1.29, 1.82) is 0 Å². The minimum Gasteiger partial charge on any atom is -0.492 e. The van der Waals surface area contributed by atoms with E-state index in [2.05, 4.69) is 31.2 Å².